The number of benzene rings is 9. The van der Waals surface area contributed by atoms with Crippen LogP contribution < -0.4 is 37.8 Å². The number of carbonyl (C=O) groups excluding carboxylic acids is 1. The van der Waals surface area contributed by atoms with Crippen LogP contribution in [0.2, 0.25) is 0 Å². The van der Waals surface area contributed by atoms with E-state index in [0.717, 1.165) is 22.9 Å². The maximum Gasteiger partial charge on any atom is 0.200 e. The second-order valence-electron chi connectivity index (χ2n) is 17.1. The molecule has 0 aliphatic heterocycles. The summed E-state index contributed by atoms with van der Waals surface area (Å²) < 4.78 is 294. The minimum atomic E-state index is -7.22. The first-order valence-corrected chi connectivity index (χ1v) is 24.4. The Labute approximate surface area is 433 Å². The largest absolute Gasteiger partial charge is 0.289 e. The third-order valence-corrected chi connectivity index (χ3v) is 17.4. The molecular formula is C56H26BF20OP. The van der Waals surface area contributed by atoms with Gasteiger partial charge in [-0.25, -0.2) is 87.8 Å². The van der Waals surface area contributed by atoms with Gasteiger partial charge in [-0.05, 0) is 36.4 Å². The van der Waals surface area contributed by atoms with Gasteiger partial charge in [0.15, 0.2) is 75.6 Å². The molecule has 0 saturated carbocycles. The number of hydrogen-bond donors (Lipinski definition) is 0. The van der Waals surface area contributed by atoms with Gasteiger partial charge in [0.2, 0.25) is 0 Å². The van der Waals surface area contributed by atoms with Gasteiger partial charge in [-0.3, -0.25) is 4.79 Å². The zero-order valence-electron chi connectivity index (χ0n) is 39.1. The first-order valence-electron chi connectivity index (χ1n) is 22.4. The molecule has 9 aromatic rings. The zero-order valence-corrected chi connectivity index (χ0v) is 40.0. The Kier molecular flexibility index (Phi) is 16.0. The average molecular weight is 1140 g/mol. The lowest BCUT2D eigenvalue weighted by atomic mass is 9.12. The fourth-order valence-corrected chi connectivity index (χ4v) is 13.8. The van der Waals surface area contributed by atoms with Crippen molar-refractivity contribution in [3.05, 3.63) is 279 Å². The summed E-state index contributed by atoms with van der Waals surface area (Å²) in [6, 6.07) is 50.1. The molecule has 0 radical (unpaired) electrons. The zero-order chi connectivity index (χ0) is 57.6. The normalized spacial score (nSPS) is 11.6. The number of rotatable bonds is 11. The highest BCUT2D eigenvalue weighted by atomic mass is 31.2. The molecule has 0 saturated heterocycles. The molecule has 9 rings (SSSR count). The minimum Gasteiger partial charge on any atom is -0.289 e. The van der Waals surface area contributed by atoms with Crippen molar-refractivity contribution in [3.8, 4) is 0 Å². The second kappa shape index (κ2) is 22.2. The maximum atomic E-state index is 15.4. The average Bonchev–Trinajstić information content (AvgIpc) is 3.64. The highest BCUT2D eigenvalue weighted by molar-refractivity contribution is 7.95. The van der Waals surface area contributed by atoms with E-state index in [4.69, 9.17) is 0 Å². The molecule has 0 aliphatic rings. The molecule has 404 valence electrons. The fraction of sp³-hybridized carbons (Fsp3) is 0.0179. The Balaban J connectivity index is 0.000000216. The van der Waals surface area contributed by atoms with E-state index >= 15 is 35.1 Å². The summed E-state index contributed by atoms with van der Waals surface area (Å²) in [5.74, 6) is -71.3. The molecule has 0 aromatic heterocycles. The molecule has 0 fully saturated rings. The van der Waals surface area contributed by atoms with Gasteiger partial charge < -0.3 is 0 Å². The lowest BCUT2D eigenvalue weighted by Crippen LogP contribution is -2.81. The monoisotopic (exact) mass is 1140 g/mol. The van der Waals surface area contributed by atoms with E-state index in [1.165, 1.54) is 15.9 Å². The first kappa shape index (κ1) is 56.9. The van der Waals surface area contributed by atoms with Crippen LogP contribution >= 0.6 is 7.26 Å². The molecule has 0 bridgehead atoms. The summed E-state index contributed by atoms with van der Waals surface area (Å²) in [6.45, 7) is 0. The predicted molar refractivity (Wildman–Crippen MR) is 254 cm³/mol. The maximum absolute atomic E-state index is 15.4. The van der Waals surface area contributed by atoms with Gasteiger partial charge in [-0.15, -0.1) is 21.9 Å². The van der Waals surface area contributed by atoms with Crippen molar-refractivity contribution in [2.75, 3.05) is 0 Å². The second-order valence-corrected chi connectivity index (χ2v) is 20.6. The highest BCUT2D eigenvalue weighted by Crippen LogP contribution is 2.58. The minimum absolute atomic E-state index is 0.0727. The van der Waals surface area contributed by atoms with Gasteiger partial charge in [0, 0.05) is 16.7 Å². The number of carbonyl (C=O) groups is 1. The molecule has 0 atom stereocenters. The van der Waals surface area contributed by atoms with Crippen molar-refractivity contribution >= 4 is 57.0 Å². The Bertz CT molecular complexity index is 3360. The topological polar surface area (TPSA) is 17.1 Å². The van der Waals surface area contributed by atoms with E-state index < -0.39 is 152 Å². The first-order chi connectivity index (χ1) is 37.5. The van der Waals surface area contributed by atoms with E-state index in [0.29, 0.717) is 0 Å². The summed E-state index contributed by atoms with van der Waals surface area (Å²) in [7, 11) is -2.09. The van der Waals surface area contributed by atoms with E-state index in [1.807, 2.05) is 48.5 Å². The van der Waals surface area contributed by atoms with Gasteiger partial charge in [0.25, 0.3) is 0 Å². The van der Waals surface area contributed by atoms with Crippen LogP contribution in [-0.2, 0) is 6.16 Å². The lowest BCUT2D eigenvalue weighted by molar-refractivity contribution is 0.103. The molecule has 1 nitrogen and oxygen atoms in total. The molecule has 0 heterocycles. The van der Waals surface area contributed by atoms with E-state index in [-0.39, 0.29) is 5.78 Å². The Morgan fingerprint density at radius 3 is 0.759 bits per heavy atom. The molecule has 0 spiro atoms. The van der Waals surface area contributed by atoms with Crippen molar-refractivity contribution in [2.24, 2.45) is 0 Å². The molecule has 0 aliphatic carbocycles. The van der Waals surface area contributed by atoms with Crippen LogP contribution in [-0.4, -0.2) is 11.9 Å². The Hall–Kier alpha value is -8.26. The Morgan fingerprint density at radius 2 is 0.494 bits per heavy atom. The summed E-state index contributed by atoms with van der Waals surface area (Å²) in [5.41, 5.74) is -11.7. The van der Waals surface area contributed by atoms with Crippen molar-refractivity contribution in [3.63, 3.8) is 0 Å². The van der Waals surface area contributed by atoms with Gasteiger partial charge in [-0.2, -0.15) is 0 Å². The van der Waals surface area contributed by atoms with Crippen molar-refractivity contribution in [1.82, 2.24) is 0 Å². The molecule has 0 N–H and O–H groups in total. The molecule has 0 amide bonds. The molecular weight excluding hydrogens is 1110 g/mol. The van der Waals surface area contributed by atoms with Gasteiger partial charge in [-0.1, -0.05) is 109 Å². The summed E-state index contributed by atoms with van der Waals surface area (Å²) in [4.78, 5) is 13.6. The molecule has 9 aromatic carbocycles. The van der Waals surface area contributed by atoms with E-state index in [1.54, 1.807) is 0 Å². The summed E-state index contributed by atoms with van der Waals surface area (Å²) in [5, 5.41) is 3.94. The fourth-order valence-electron chi connectivity index (χ4n) is 9.52. The number of halogens is 20. The van der Waals surface area contributed by atoms with Gasteiger partial charge in [0.05, 0.1) is 6.16 Å². The van der Waals surface area contributed by atoms with Crippen LogP contribution in [0.15, 0.2) is 146 Å². The van der Waals surface area contributed by atoms with Crippen LogP contribution in [0.25, 0.3) is 0 Å². The summed E-state index contributed by atoms with van der Waals surface area (Å²) in [6.07, 6.45) is -6.44. The van der Waals surface area contributed by atoms with Gasteiger partial charge >= 0.3 is 0 Å². The van der Waals surface area contributed by atoms with E-state index in [9.17, 15) is 57.5 Å². The SMILES string of the molecule is Fc1c(F)c(F)c([B-](c2c(F)c(F)c(F)c(F)c2F)(c2c(F)c(F)c(F)c(F)c2F)c2c(F)c(F)c(F)c(F)c2F)c(F)c1F.O=C(c1ccccc1)c1ccccc1C[P+](c1ccccc1)(c1ccccc1)c1ccccc1. The standard InChI is InChI=1S/C32H26OP.C24BF20/c33-32(26-15-5-1-6-16-26)31-24-14-13-17-27(31)25-34(28-18-7-2-8-19-28,29-20-9-3-10-21-29)30-22-11-4-12-23-30;26-5-1(6(27)14(35)21(42)13(5)34)25(2-7(28)15(36)22(43)16(37)8(2)29,3-9(30)17(38)23(44)18(39)10(3)31)4-11(32)19(40)24(45)20(41)12(4)33/h1-24H,25H2;/q+1;-1. The van der Waals surface area contributed by atoms with E-state index in [2.05, 4.69) is 97.1 Å². The predicted octanol–water partition coefficient (Wildman–Crippen LogP) is 12.3. The van der Waals surface area contributed by atoms with Gasteiger partial charge in [0.1, 0.15) is 75.9 Å². The number of ketones is 1. The quantitative estimate of drug-likeness (QED) is 0.0315. The molecule has 0 unspecified atom stereocenters. The lowest BCUT2D eigenvalue weighted by Gasteiger charge is -2.44. The third kappa shape index (κ3) is 9.28. The van der Waals surface area contributed by atoms with Crippen LogP contribution in [0, 0.1) is 116 Å². The molecule has 23 heteroatoms. The van der Waals surface area contributed by atoms with Crippen LogP contribution in [0.3, 0.4) is 0 Å². The molecule has 79 heavy (non-hydrogen) atoms. The Morgan fingerprint density at radius 1 is 0.278 bits per heavy atom. The number of hydrogen-bond acceptors (Lipinski definition) is 1. The van der Waals surface area contributed by atoms with Crippen molar-refractivity contribution < 1.29 is 92.6 Å². The third-order valence-electron chi connectivity index (χ3n) is 13.0. The van der Waals surface area contributed by atoms with Crippen LogP contribution in [0.1, 0.15) is 21.5 Å². The van der Waals surface area contributed by atoms with Crippen molar-refractivity contribution in [2.45, 2.75) is 6.16 Å². The van der Waals surface area contributed by atoms with Crippen LogP contribution in [0.4, 0.5) is 87.8 Å². The highest BCUT2D eigenvalue weighted by Gasteiger charge is 2.53. The summed E-state index contributed by atoms with van der Waals surface area (Å²) >= 11 is 0. The van der Waals surface area contributed by atoms with Crippen LogP contribution in [0.5, 0.6) is 0 Å². The smallest absolute Gasteiger partial charge is 0.200 e. The van der Waals surface area contributed by atoms with Crippen molar-refractivity contribution in [1.29, 1.82) is 0 Å².